The van der Waals surface area contributed by atoms with Gasteiger partial charge in [0.1, 0.15) is 0 Å². The van der Waals surface area contributed by atoms with Crippen LogP contribution in [0.15, 0.2) is 11.6 Å². The molecule has 7 heteroatoms. The first kappa shape index (κ1) is 16.3. The molecule has 24 heavy (non-hydrogen) atoms. The predicted molar refractivity (Wildman–Crippen MR) is 91.1 cm³/mol. The Morgan fingerprint density at radius 1 is 1.25 bits per heavy atom. The van der Waals surface area contributed by atoms with Crippen LogP contribution in [-0.2, 0) is 9.53 Å². The minimum absolute atomic E-state index is 0.115. The van der Waals surface area contributed by atoms with Crippen molar-refractivity contribution in [2.45, 2.75) is 37.8 Å². The summed E-state index contributed by atoms with van der Waals surface area (Å²) in [5.41, 5.74) is -1.71. The van der Waals surface area contributed by atoms with Crippen LogP contribution in [-0.4, -0.2) is 60.9 Å². The van der Waals surface area contributed by atoms with Crippen LogP contribution >= 0.6 is 11.3 Å². The minimum atomic E-state index is -1.60. The Morgan fingerprint density at radius 2 is 2.12 bits per heavy atom. The maximum absolute atomic E-state index is 14.6. The number of ether oxygens (including phenoxy) is 1. The predicted octanol–water partition coefficient (Wildman–Crippen LogP) is 2.48. The topological polar surface area (TPSA) is 45.7 Å². The second kappa shape index (κ2) is 6.26. The fourth-order valence-electron chi connectivity index (χ4n) is 4.14. The molecule has 1 spiro atoms. The smallest absolute Gasteiger partial charge is 0.260 e. The van der Waals surface area contributed by atoms with Crippen molar-refractivity contribution in [2.75, 3.05) is 44.3 Å². The van der Waals surface area contributed by atoms with Crippen LogP contribution in [0.3, 0.4) is 0 Å². The van der Waals surface area contributed by atoms with Crippen molar-refractivity contribution >= 4 is 22.4 Å². The minimum Gasteiger partial charge on any atom is -0.379 e. The summed E-state index contributed by atoms with van der Waals surface area (Å²) >= 11 is 1.63. The molecule has 132 valence electrons. The molecule has 0 aromatic carbocycles. The maximum atomic E-state index is 14.6. The molecule has 5 nitrogen and oxygen atoms in total. The van der Waals surface area contributed by atoms with E-state index in [1.807, 2.05) is 11.6 Å². The van der Waals surface area contributed by atoms with Crippen molar-refractivity contribution in [3.8, 4) is 0 Å². The van der Waals surface area contributed by atoms with Crippen LogP contribution in [0.1, 0.15) is 32.1 Å². The Morgan fingerprint density at radius 3 is 2.83 bits per heavy atom. The summed E-state index contributed by atoms with van der Waals surface area (Å²) in [5, 5.41) is 2.98. The summed E-state index contributed by atoms with van der Waals surface area (Å²) in [7, 11) is 0. The van der Waals surface area contributed by atoms with Gasteiger partial charge >= 0.3 is 0 Å². The zero-order valence-electron chi connectivity index (χ0n) is 13.9. The van der Waals surface area contributed by atoms with E-state index in [0.29, 0.717) is 39.1 Å². The van der Waals surface area contributed by atoms with Gasteiger partial charge in [0.05, 0.1) is 13.2 Å². The fourth-order valence-corrected chi connectivity index (χ4v) is 4.81. The van der Waals surface area contributed by atoms with Gasteiger partial charge in [-0.3, -0.25) is 4.79 Å². The molecule has 1 unspecified atom stereocenters. The number of aromatic nitrogens is 1. The van der Waals surface area contributed by atoms with Gasteiger partial charge in [0.25, 0.3) is 5.91 Å². The Bertz CT molecular complexity index is 593. The molecule has 1 aromatic rings. The number of carbonyl (C=O) groups excluding carboxylic acids is 1. The van der Waals surface area contributed by atoms with E-state index in [0.717, 1.165) is 37.5 Å². The molecule has 0 bridgehead atoms. The first-order chi connectivity index (χ1) is 11.6. The fraction of sp³-hybridized carbons (Fsp3) is 0.765. The van der Waals surface area contributed by atoms with Crippen LogP contribution in [0.25, 0.3) is 0 Å². The molecule has 1 atom stereocenters. The third kappa shape index (κ3) is 2.92. The number of rotatable bonds is 2. The lowest BCUT2D eigenvalue weighted by Gasteiger charge is -2.46. The molecular weight excluding hydrogens is 329 g/mol. The quantitative estimate of drug-likeness (QED) is 0.819. The highest BCUT2D eigenvalue weighted by molar-refractivity contribution is 7.13. The summed E-state index contributed by atoms with van der Waals surface area (Å²) in [6.45, 7) is 4.21. The Balaban J connectivity index is 1.51. The highest BCUT2D eigenvalue weighted by atomic mass is 32.1. The maximum Gasteiger partial charge on any atom is 0.260 e. The van der Waals surface area contributed by atoms with E-state index in [1.54, 1.807) is 16.2 Å². The number of hydrogen-bond acceptors (Lipinski definition) is 5. The molecular formula is C17H24FN3O2S. The van der Waals surface area contributed by atoms with Crippen molar-refractivity contribution in [3.05, 3.63) is 11.6 Å². The van der Waals surface area contributed by atoms with Gasteiger partial charge in [-0.05, 0) is 32.1 Å². The molecule has 0 N–H and O–H groups in total. The molecule has 0 radical (unpaired) electrons. The third-order valence-corrected chi connectivity index (χ3v) is 6.44. The van der Waals surface area contributed by atoms with Crippen LogP contribution in [0, 0.1) is 5.41 Å². The summed E-state index contributed by atoms with van der Waals surface area (Å²) in [4.78, 5) is 21.1. The molecule has 1 saturated carbocycles. The van der Waals surface area contributed by atoms with E-state index >= 15 is 0 Å². The van der Waals surface area contributed by atoms with Gasteiger partial charge in [0, 0.05) is 43.2 Å². The lowest BCUT2D eigenvalue weighted by molar-refractivity contribution is -0.154. The van der Waals surface area contributed by atoms with Gasteiger partial charge in [-0.1, -0.05) is 0 Å². The number of anilines is 1. The largest absolute Gasteiger partial charge is 0.379 e. The van der Waals surface area contributed by atoms with Crippen molar-refractivity contribution in [1.29, 1.82) is 0 Å². The number of likely N-dealkylation sites (tertiary alicyclic amines) is 1. The number of alkyl halides is 1. The molecule has 4 rings (SSSR count). The lowest BCUT2D eigenvalue weighted by Crippen LogP contribution is -2.57. The van der Waals surface area contributed by atoms with Gasteiger partial charge in [-0.15, -0.1) is 11.3 Å². The van der Waals surface area contributed by atoms with E-state index in [9.17, 15) is 9.18 Å². The number of hydrogen-bond donors (Lipinski definition) is 0. The molecule has 3 aliphatic rings. The van der Waals surface area contributed by atoms with Gasteiger partial charge in [0.15, 0.2) is 10.8 Å². The average molecular weight is 353 g/mol. The summed E-state index contributed by atoms with van der Waals surface area (Å²) in [5.74, 6) is -0.294. The zero-order chi connectivity index (χ0) is 16.6. The van der Waals surface area contributed by atoms with Crippen molar-refractivity contribution in [1.82, 2.24) is 9.88 Å². The normalized spacial score (nSPS) is 30.0. The average Bonchev–Trinajstić information content (AvgIpc) is 3.02. The summed E-state index contributed by atoms with van der Waals surface area (Å²) in [6.07, 6.45) is 5.34. The van der Waals surface area contributed by atoms with E-state index in [-0.39, 0.29) is 11.3 Å². The van der Waals surface area contributed by atoms with Gasteiger partial charge in [-0.2, -0.15) is 0 Å². The molecule has 2 aliphatic heterocycles. The van der Waals surface area contributed by atoms with Crippen molar-refractivity contribution < 1.29 is 13.9 Å². The number of carbonyl (C=O) groups is 1. The number of thiazole rings is 1. The van der Waals surface area contributed by atoms with Gasteiger partial charge in [-0.25, -0.2) is 9.37 Å². The number of nitrogens with zero attached hydrogens (tertiary/aromatic N) is 3. The monoisotopic (exact) mass is 353 g/mol. The molecule has 2 saturated heterocycles. The Kier molecular flexibility index (Phi) is 4.24. The number of amides is 1. The van der Waals surface area contributed by atoms with Gasteiger partial charge < -0.3 is 14.5 Å². The Hall–Kier alpha value is -1.21. The molecule has 1 amide bonds. The van der Waals surface area contributed by atoms with Crippen LogP contribution in [0.2, 0.25) is 0 Å². The van der Waals surface area contributed by atoms with Crippen LogP contribution in [0.5, 0.6) is 0 Å². The van der Waals surface area contributed by atoms with Crippen molar-refractivity contribution in [2.24, 2.45) is 5.41 Å². The van der Waals surface area contributed by atoms with Crippen LogP contribution < -0.4 is 4.90 Å². The number of halogens is 1. The van der Waals surface area contributed by atoms with E-state index in [1.165, 1.54) is 0 Å². The molecule has 1 aromatic heterocycles. The SMILES string of the molecule is O=C(N1CCCC2(COCCN(c3nccs3)C2)C1)C1(F)CCC1. The second-order valence-electron chi connectivity index (χ2n) is 7.44. The summed E-state index contributed by atoms with van der Waals surface area (Å²) in [6, 6.07) is 0. The molecule has 1 aliphatic carbocycles. The molecule has 3 fully saturated rings. The number of piperidine rings is 1. The van der Waals surface area contributed by atoms with E-state index < -0.39 is 5.67 Å². The highest BCUT2D eigenvalue weighted by Gasteiger charge is 2.49. The second-order valence-corrected chi connectivity index (χ2v) is 8.31. The highest BCUT2D eigenvalue weighted by Crippen LogP contribution is 2.41. The third-order valence-electron chi connectivity index (χ3n) is 5.61. The first-order valence-electron chi connectivity index (χ1n) is 8.81. The first-order valence-corrected chi connectivity index (χ1v) is 9.69. The Labute approximate surface area is 145 Å². The van der Waals surface area contributed by atoms with E-state index in [2.05, 4.69) is 9.88 Å². The molecule has 3 heterocycles. The zero-order valence-corrected chi connectivity index (χ0v) is 14.7. The van der Waals surface area contributed by atoms with Crippen LogP contribution in [0.4, 0.5) is 9.52 Å². The standard InChI is InChI=1S/C17H24FN3O2S/c18-17(4-1-5-17)14(22)20-7-2-3-16(11-20)12-21(8-9-23-13-16)15-19-6-10-24-15/h6,10H,1-5,7-9,11-13H2. The van der Waals surface area contributed by atoms with Gasteiger partial charge in [0.2, 0.25) is 0 Å². The van der Waals surface area contributed by atoms with Crippen molar-refractivity contribution in [3.63, 3.8) is 0 Å². The lowest BCUT2D eigenvalue weighted by atomic mass is 9.77. The summed E-state index contributed by atoms with van der Waals surface area (Å²) < 4.78 is 20.5. The van der Waals surface area contributed by atoms with E-state index in [4.69, 9.17) is 4.74 Å².